The number of anilines is 1. The summed E-state index contributed by atoms with van der Waals surface area (Å²) in [5, 5.41) is 0. The van der Waals surface area contributed by atoms with Gasteiger partial charge in [0.1, 0.15) is 17.1 Å². The summed E-state index contributed by atoms with van der Waals surface area (Å²) in [7, 11) is 1.33. The van der Waals surface area contributed by atoms with Crippen molar-refractivity contribution < 1.29 is 14.3 Å². The Kier molecular flexibility index (Phi) is 3.98. The van der Waals surface area contributed by atoms with E-state index in [1.807, 2.05) is 38.1 Å². The van der Waals surface area contributed by atoms with E-state index >= 15 is 0 Å². The molecule has 20 heavy (non-hydrogen) atoms. The van der Waals surface area contributed by atoms with E-state index in [-0.39, 0.29) is 6.10 Å². The van der Waals surface area contributed by atoms with E-state index in [1.54, 1.807) is 6.07 Å². The van der Waals surface area contributed by atoms with Gasteiger partial charge in [0.25, 0.3) is 0 Å². The summed E-state index contributed by atoms with van der Waals surface area (Å²) in [5.74, 6) is 0.649. The lowest BCUT2D eigenvalue weighted by molar-refractivity contribution is 0.0602. The lowest BCUT2D eigenvalue weighted by Crippen LogP contribution is -2.05. The van der Waals surface area contributed by atoms with Gasteiger partial charge in [0.05, 0.1) is 13.2 Å². The Labute approximate surface area is 117 Å². The van der Waals surface area contributed by atoms with Crippen LogP contribution in [0.3, 0.4) is 0 Å². The van der Waals surface area contributed by atoms with Crippen molar-refractivity contribution in [2.24, 2.45) is 0 Å². The van der Waals surface area contributed by atoms with Crippen LogP contribution in [0.25, 0.3) is 11.3 Å². The predicted molar refractivity (Wildman–Crippen MR) is 77.7 cm³/mol. The number of ether oxygens (including phenoxy) is 2. The largest absolute Gasteiger partial charge is 0.491 e. The number of hydrogen-bond acceptors (Lipinski definition) is 4. The highest BCUT2D eigenvalue weighted by molar-refractivity contribution is 5.96. The van der Waals surface area contributed by atoms with Gasteiger partial charge in [-0.2, -0.15) is 0 Å². The van der Waals surface area contributed by atoms with E-state index in [4.69, 9.17) is 10.5 Å². The monoisotopic (exact) mass is 274 g/mol. The van der Waals surface area contributed by atoms with Crippen LogP contribution >= 0.6 is 0 Å². The summed E-state index contributed by atoms with van der Waals surface area (Å²) >= 11 is 0. The molecule has 3 N–H and O–H groups in total. The van der Waals surface area contributed by atoms with Crippen molar-refractivity contribution in [3.63, 3.8) is 0 Å². The van der Waals surface area contributed by atoms with Gasteiger partial charge in [-0.1, -0.05) is 0 Å². The zero-order valence-electron chi connectivity index (χ0n) is 11.8. The number of rotatable bonds is 4. The summed E-state index contributed by atoms with van der Waals surface area (Å²) in [4.78, 5) is 14.5. The van der Waals surface area contributed by atoms with Crippen LogP contribution in [0.15, 0.2) is 30.3 Å². The van der Waals surface area contributed by atoms with Crippen LogP contribution in [0, 0.1) is 0 Å². The summed E-state index contributed by atoms with van der Waals surface area (Å²) in [6, 6.07) is 9.25. The maximum Gasteiger partial charge on any atom is 0.341 e. The maximum absolute atomic E-state index is 11.5. The number of carbonyl (C=O) groups is 1. The van der Waals surface area contributed by atoms with Crippen molar-refractivity contribution in [3.8, 4) is 17.0 Å². The molecule has 0 aliphatic heterocycles. The molecule has 0 unspecified atom stereocenters. The molecule has 5 nitrogen and oxygen atoms in total. The third-order valence-electron chi connectivity index (χ3n) is 2.79. The van der Waals surface area contributed by atoms with Gasteiger partial charge in [0.2, 0.25) is 0 Å². The zero-order chi connectivity index (χ0) is 14.7. The fourth-order valence-corrected chi connectivity index (χ4v) is 1.89. The number of benzene rings is 1. The Morgan fingerprint density at radius 3 is 2.45 bits per heavy atom. The lowest BCUT2D eigenvalue weighted by atomic mass is 10.1. The molecule has 1 aromatic carbocycles. The minimum atomic E-state index is -0.454. The molecule has 0 bridgehead atoms. The minimum Gasteiger partial charge on any atom is -0.491 e. The molecule has 2 aromatic rings. The molecule has 106 valence electrons. The van der Waals surface area contributed by atoms with Crippen LogP contribution in [0.1, 0.15) is 24.2 Å². The molecule has 0 saturated heterocycles. The molecule has 0 saturated carbocycles. The second kappa shape index (κ2) is 5.69. The molecule has 0 aliphatic carbocycles. The Bertz CT molecular complexity index is 600. The highest BCUT2D eigenvalue weighted by Gasteiger charge is 2.14. The summed E-state index contributed by atoms with van der Waals surface area (Å²) in [6.45, 7) is 3.95. The first-order valence-corrected chi connectivity index (χ1v) is 6.35. The number of nitrogens with one attached hydrogen (secondary N) is 1. The third-order valence-corrected chi connectivity index (χ3v) is 2.79. The second-order valence-corrected chi connectivity index (χ2v) is 4.69. The van der Waals surface area contributed by atoms with Crippen molar-refractivity contribution in [2.45, 2.75) is 20.0 Å². The van der Waals surface area contributed by atoms with Gasteiger partial charge in [-0.05, 0) is 49.7 Å². The number of carbonyl (C=O) groups excluding carboxylic acids is 1. The molecule has 5 heteroatoms. The van der Waals surface area contributed by atoms with E-state index in [0.29, 0.717) is 11.4 Å². The summed E-state index contributed by atoms with van der Waals surface area (Å²) < 4.78 is 10.3. The number of hydrogen-bond donors (Lipinski definition) is 2. The summed E-state index contributed by atoms with van der Waals surface area (Å²) in [6.07, 6.45) is 0.132. The number of aromatic nitrogens is 1. The van der Waals surface area contributed by atoms with Crippen LogP contribution in [-0.4, -0.2) is 24.2 Å². The number of nitrogens with two attached hydrogens (primary N) is 1. The van der Waals surface area contributed by atoms with E-state index in [0.717, 1.165) is 17.0 Å². The van der Waals surface area contributed by atoms with Crippen LogP contribution in [0.2, 0.25) is 0 Å². The first-order chi connectivity index (χ1) is 9.51. The average Bonchev–Trinajstić information content (AvgIpc) is 2.80. The number of aromatic amines is 1. The number of nitrogen functional groups attached to an aromatic ring is 1. The smallest absolute Gasteiger partial charge is 0.341 e. The molecule has 1 heterocycles. The van der Waals surface area contributed by atoms with Crippen molar-refractivity contribution in [1.82, 2.24) is 4.98 Å². The van der Waals surface area contributed by atoms with Crippen LogP contribution in [0.4, 0.5) is 5.82 Å². The molecular weight excluding hydrogens is 256 g/mol. The first-order valence-electron chi connectivity index (χ1n) is 6.35. The molecule has 0 radical (unpaired) electrons. The fourth-order valence-electron chi connectivity index (χ4n) is 1.89. The molecule has 0 aliphatic rings. The third kappa shape index (κ3) is 2.93. The Balaban J connectivity index is 2.26. The highest BCUT2D eigenvalue weighted by Crippen LogP contribution is 2.26. The van der Waals surface area contributed by atoms with Gasteiger partial charge >= 0.3 is 5.97 Å². The maximum atomic E-state index is 11.5. The number of H-pyrrole nitrogens is 1. The van der Waals surface area contributed by atoms with Gasteiger partial charge in [0.15, 0.2) is 0 Å². The average molecular weight is 274 g/mol. The van der Waals surface area contributed by atoms with Crippen molar-refractivity contribution >= 4 is 11.8 Å². The van der Waals surface area contributed by atoms with Crippen molar-refractivity contribution in [2.75, 3.05) is 12.8 Å². The molecule has 2 rings (SSSR count). The zero-order valence-corrected chi connectivity index (χ0v) is 11.8. The lowest BCUT2D eigenvalue weighted by Gasteiger charge is -2.09. The Morgan fingerprint density at radius 1 is 1.25 bits per heavy atom. The number of methoxy groups -OCH3 is 1. The summed E-state index contributed by atoms with van der Waals surface area (Å²) in [5.41, 5.74) is 7.79. The first kappa shape index (κ1) is 14.0. The Hall–Kier alpha value is -2.43. The number of esters is 1. The molecule has 0 spiro atoms. The van der Waals surface area contributed by atoms with Gasteiger partial charge in [-0.3, -0.25) is 0 Å². The van der Waals surface area contributed by atoms with Gasteiger partial charge in [-0.15, -0.1) is 0 Å². The normalized spacial score (nSPS) is 10.6. The standard InChI is InChI=1S/C15H18N2O3/c1-9(2)20-11-6-4-10(5-7-11)13-8-12(14(16)17-13)15(18)19-3/h4-9,17H,16H2,1-3H3. The van der Waals surface area contributed by atoms with E-state index < -0.39 is 5.97 Å². The molecule has 0 amide bonds. The van der Waals surface area contributed by atoms with Crippen molar-refractivity contribution in [3.05, 3.63) is 35.9 Å². The second-order valence-electron chi connectivity index (χ2n) is 4.69. The SMILES string of the molecule is COC(=O)c1cc(-c2ccc(OC(C)C)cc2)[nH]c1N. The van der Waals surface area contributed by atoms with Gasteiger partial charge in [0, 0.05) is 5.69 Å². The van der Waals surface area contributed by atoms with Crippen LogP contribution in [0.5, 0.6) is 5.75 Å². The van der Waals surface area contributed by atoms with Gasteiger partial charge < -0.3 is 20.2 Å². The van der Waals surface area contributed by atoms with Gasteiger partial charge in [-0.25, -0.2) is 4.79 Å². The van der Waals surface area contributed by atoms with Crippen LogP contribution < -0.4 is 10.5 Å². The Morgan fingerprint density at radius 2 is 1.90 bits per heavy atom. The predicted octanol–water partition coefficient (Wildman–Crippen LogP) is 2.84. The topological polar surface area (TPSA) is 77.3 Å². The molecular formula is C15H18N2O3. The fraction of sp³-hybridized carbons (Fsp3) is 0.267. The highest BCUT2D eigenvalue weighted by atomic mass is 16.5. The molecule has 0 atom stereocenters. The van der Waals surface area contributed by atoms with Crippen LogP contribution in [-0.2, 0) is 4.74 Å². The van der Waals surface area contributed by atoms with E-state index in [1.165, 1.54) is 7.11 Å². The quantitative estimate of drug-likeness (QED) is 0.840. The van der Waals surface area contributed by atoms with E-state index in [9.17, 15) is 4.79 Å². The van der Waals surface area contributed by atoms with Crippen molar-refractivity contribution in [1.29, 1.82) is 0 Å². The molecule has 0 fully saturated rings. The van der Waals surface area contributed by atoms with E-state index in [2.05, 4.69) is 9.72 Å². The molecule has 1 aromatic heterocycles. The minimum absolute atomic E-state index is 0.132.